The first-order valence-electron chi connectivity index (χ1n) is 4.62. The quantitative estimate of drug-likeness (QED) is 0.628. The van der Waals surface area contributed by atoms with E-state index in [0.29, 0.717) is 5.92 Å². The summed E-state index contributed by atoms with van der Waals surface area (Å²) in [5.41, 5.74) is 1.29. The second kappa shape index (κ2) is 3.48. The van der Waals surface area contributed by atoms with E-state index < -0.39 is 0 Å². The molecule has 2 heteroatoms. The lowest BCUT2D eigenvalue weighted by molar-refractivity contribution is 0.0861. The zero-order valence-electron chi connectivity index (χ0n) is 8.67. The van der Waals surface area contributed by atoms with Crippen LogP contribution in [0.2, 0.25) is 0 Å². The van der Waals surface area contributed by atoms with E-state index in [1.54, 1.807) is 0 Å². The second-order valence-corrected chi connectivity index (χ2v) is 4.17. The van der Waals surface area contributed by atoms with Gasteiger partial charge in [-0.1, -0.05) is 20.4 Å². The molecule has 0 aromatic carbocycles. The number of allylic oxidation sites excluding steroid dienone is 1. The summed E-state index contributed by atoms with van der Waals surface area (Å²) >= 11 is 0. The van der Waals surface area contributed by atoms with Crippen molar-refractivity contribution in [3.63, 3.8) is 0 Å². The van der Waals surface area contributed by atoms with Gasteiger partial charge in [0.2, 0.25) is 0 Å². The minimum atomic E-state index is 0.591. The highest BCUT2D eigenvalue weighted by Gasteiger charge is 2.29. The lowest BCUT2D eigenvalue weighted by atomic mass is 10.0. The van der Waals surface area contributed by atoms with Crippen molar-refractivity contribution in [2.45, 2.75) is 19.9 Å². The number of hydrogen-bond acceptors (Lipinski definition) is 2. The number of likely N-dealkylation sites (N-methyl/N-ethyl adjacent to an activating group) is 1. The minimum absolute atomic E-state index is 0.591. The van der Waals surface area contributed by atoms with Gasteiger partial charge in [-0.2, -0.15) is 0 Å². The van der Waals surface area contributed by atoms with Crippen LogP contribution in [0, 0.1) is 5.92 Å². The first-order valence-corrected chi connectivity index (χ1v) is 4.62. The van der Waals surface area contributed by atoms with Crippen molar-refractivity contribution in [3.05, 3.63) is 12.3 Å². The standard InChI is InChI=1S/C10H20N2/c1-8(2)9(3)12-6-10(7-12)11(4)5/h8,10H,3,6-7H2,1-2,4-5H3. The third-order valence-corrected chi connectivity index (χ3v) is 2.67. The maximum absolute atomic E-state index is 4.08. The van der Waals surface area contributed by atoms with Gasteiger partial charge in [0, 0.05) is 24.8 Å². The van der Waals surface area contributed by atoms with E-state index >= 15 is 0 Å². The molecule has 1 heterocycles. The normalized spacial score (nSPS) is 18.7. The van der Waals surface area contributed by atoms with Gasteiger partial charge < -0.3 is 9.80 Å². The number of hydrogen-bond donors (Lipinski definition) is 0. The average Bonchev–Trinajstić information content (AvgIpc) is 1.82. The molecule has 0 aliphatic carbocycles. The molecule has 2 nitrogen and oxygen atoms in total. The molecule has 1 aliphatic rings. The summed E-state index contributed by atoms with van der Waals surface area (Å²) < 4.78 is 0. The molecule has 0 atom stereocenters. The zero-order valence-corrected chi connectivity index (χ0v) is 8.67. The molecule has 1 saturated heterocycles. The van der Waals surface area contributed by atoms with Gasteiger partial charge in [-0.25, -0.2) is 0 Å². The third kappa shape index (κ3) is 1.81. The van der Waals surface area contributed by atoms with Gasteiger partial charge >= 0.3 is 0 Å². The predicted molar refractivity (Wildman–Crippen MR) is 53.0 cm³/mol. The van der Waals surface area contributed by atoms with Crippen molar-refractivity contribution in [1.29, 1.82) is 0 Å². The van der Waals surface area contributed by atoms with E-state index in [1.165, 1.54) is 5.70 Å². The Balaban J connectivity index is 2.30. The summed E-state index contributed by atoms with van der Waals surface area (Å²) in [5, 5.41) is 0. The molecule has 0 radical (unpaired) electrons. The summed E-state index contributed by atoms with van der Waals surface area (Å²) in [7, 11) is 4.28. The maximum Gasteiger partial charge on any atom is 0.0440 e. The van der Waals surface area contributed by atoms with Gasteiger partial charge in [0.05, 0.1) is 0 Å². The summed E-state index contributed by atoms with van der Waals surface area (Å²) in [4.78, 5) is 4.65. The topological polar surface area (TPSA) is 6.48 Å². The van der Waals surface area contributed by atoms with E-state index in [0.717, 1.165) is 19.1 Å². The lowest BCUT2D eigenvalue weighted by Gasteiger charge is -2.46. The Labute approximate surface area is 75.8 Å². The fourth-order valence-corrected chi connectivity index (χ4v) is 1.38. The Bertz CT molecular complexity index is 167. The van der Waals surface area contributed by atoms with E-state index in [4.69, 9.17) is 0 Å². The molecular weight excluding hydrogens is 148 g/mol. The van der Waals surface area contributed by atoms with Crippen LogP contribution in [0.4, 0.5) is 0 Å². The van der Waals surface area contributed by atoms with Crippen LogP contribution in [-0.2, 0) is 0 Å². The highest BCUT2D eigenvalue weighted by atomic mass is 15.3. The van der Waals surface area contributed by atoms with Crippen LogP contribution in [-0.4, -0.2) is 43.0 Å². The monoisotopic (exact) mass is 168 g/mol. The largest absolute Gasteiger partial charge is 0.372 e. The average molecular weight is 168 g/mol. The Morgan fingerprint density at radius 3 is 2.25 bits per heavy atom. The van der Waals surface area contributed by atoms with Crippen LogP contribution >= 0.6 is 0 Å². The Hall–Kier alpha value is -0.500. The van der Waals surface area contributed by atoms with E-state index in [1.807, 2.05) is 0 Å². The SMILES string of the molecule is C=C(C(C)C)N1CC(N(C)C)C1. The molecule has 0 spiro atoms. The van der Waals surface area contributed by atoms with Crippen molar-refractivity contribution in [2.24, 2.45) is 5.92 Å². The molecule has 0 amide bonds. The molecule has 0 unspecified atom stereocenters. The first-order chi connectivity index (χ1) is 5.52. The van der Waals surface area contributed by atoms with Crippen LogP contribution in [0.15, 0.2) is 12.3 Å². The predicted octanol–water partition coefficient (Wildman–Crippen LogP) is 1.40. The van der Waals surface area contributed by atoms with Crippen molar-refractivity contribution in [2.75, 3.05) is 27.2 Å². The Morgan fingerprint density at radius 2 is 1.92 bits per heavy atom. The Kier molecular flexibility index (Phi) is 2.78. The van der Waals surface area contributed by atoms with Crippen molar-refractivity contribution >= 4 is 0 Å². The van der Waals surface area contributed by atoms with Gasteiger partial charge in [-0.3, -0.25) is 0 Å². The molecule has 1 aliphatic heterocycles. The smallest absolute Gasteiger partial charge is 0.0440 e. The van der Waals surface area contributed by atoms with Crippen LogP contribution in [0.1, 0.15) is 13.8 Å². The maximum atomic E-state index is 4.08. The fraction of sp³-hybridized carbons (Fsp3) is 0.800. The minimum Gasteiger partial charge on any atom is -0.372 e. The highest BCUT2D eigenvalue weighted by Crippen LogP contribution is 2.21. The molecule has 0 N–H and O–H groups in total. The molecule has 0 saturated carbocycles. The summed E-state index contributed by atoms with van der Waals surface area (Å²) in [5.74, 6) is 0.591. The molecule has 12 heavy (non-hydrogen) atoms. The molecule has 1 fully saturated rings. The van der Waals surface area contributed by atoms with Gasteiger partial charge in [0.1, 0.15) is 0 Å². The van der Waals surface area contributed by atoms with E-state index in [9.17, 15) is 0 Å². The van der Waals surface area contributed by atoms with Gasteiger partial charge in [0.15, 0.2) is 0 Å². The van der Waals surface area contributed by atoms with Crippen molar-refractivity contribution in [1.82, 2.24) is 9.80 Å². The number of likely N-dealkylation sites (tertiary alicyclic amines) is 1. The Morgan fingerprint density at radius 1 is 1.42 bits per heavy atom. The fourth-order valence-electron chi connectivity index (χ4n) is 1.38. The van der Waals surface area contributed by atoms with E-state index in [2.05, 4.69) is 44.3 Å². The van der Waals surface area contributed by atoms with Crippen molar-refractivity contribution < 1.29 is 0 Å². The summed E-state index contributed by atoms with van der Waals surface area (Å²) in [6.07, 6.45) is 0. The van der Waals surface area contributed by atoms with Crippen LogP contribution in [0.25, 0.3) is 0 Å². The molecule has 0 aromatic heterocycles. The molecule has 1 rings (SSSR count). The van der Waals surface area contributed by atoms with Crippen LogP contribution < -0.4 is 0 Å². The molecule has 70 valence electrons. The molecule has 0 aromatic rings. The highest BCUT2D eigenvalue weighted by molar-refractivity contribution is 5.04. The van der Waals surface area contributed by atoms with Crippen LogP contribution in [0.3, 0.4) is 0 Å². The summed E-state index contributed by atoms with van der Waals surface area (Å²) in [6.45, 7) is 10.8. The third-order valence-electron chi connectivity index (χ3n) is 2.67. The van der Waals surface area contributed by atoms with Gasteiger partial charge in [0.25, 0.3) is 0 Å². The second-order valence-electron chi connectivity index (χ2n) is 4.17. The number of rotatable bonds is 3. The number of nitrogens with zero attached hydrogens (tertiary/aromatic N) is 2. The first kappa shape index (κ1) is 9.59. The van der Waals surface area contributed by atoms with Crippen LogP contribution in [0.5, 0.6) is 0 Å². The van der Waals surface area contributed by atoms with Gasteiger partial charge in [-0.15, -0.1) is 0 Å². The van der Waals surface area contributed by atoms with Crippen molar-refractivity contribution in [3.8, 4) is 0 Å². The lowest BCUT2D eigenvalue weighted by Crippen LogP contribution is -2.56. The van der Waals surface area contributed by atoms with Gasteiger partial charge in [-0.05, 0) is 20.0 Å². The molecular formula is C10H20N2. The van der Waals surface area contributed by atoms with E-state index in [-0.39, 0.29) is 0 Å². The molecule has 0 bridgehead atoms. The summed E-state index contributed by atoms with van der Waals surface area (Å²) in [6, 6.07) is 0.737. The zero-order chi connectivity index (χ0) is 9.30.